The number of amides is 1. The largest absolute Gasteiger partial charge is 0.355 e. The fourth-order valence-electron chi connectivity index (χ4n) is 3.43. The lowest BCUT2D eigenvalue weighted by Crippen LogP contribution is -2.76. The number of benzene rings is 1. The Morgan fingerprint density at radius 2 is 2.04 bits per heavy atom. The number of hydrogen-bond acceptors (Lipinski definition) is 5. The molecule has 120 valence electrons. The molecule has 23 heavy (non-hydrogen) atoms. The lowest BCUT2D eigenvalue weighted by atomic mass is 9.87. The summed E-state index contributed by atoms with van der Waals surface area (Å²) in [6.45, 7) is 7.02. The van der Waals surface area contributed by atoms with Gasteiger partial charge in [-0.05, 0) is 32.9 Å². The Bertz CT molecular complexity index is 791. The number of carbonyl (C=O) groups excluding carboxylic acids is 1. The van der Waals surface area contributed by atoms with Gasteiger partial charge in [0.15, 0.2) is 5.60 Å². The molecule has 0 spiro atoms. The monoisotopic (exact) mass is 312 g/mol. The number of ether oxygens (including phenoxy) is 1. The van der Waals surface area contributed by atoms with Crippen molar-refractivity contribution in [3.05, 3.63) is 36.2 Å². The summed E-state index contributed by atoms with van der Waals surface area (Å²) in [5.74, 6) is 0.0336. The number of rotatable bonds is 3. The van der Waals surface area contributed by atoms with Gasteiger partial charge in [0.2, 0.25) is 0 Å². The highest BCUT2D eigenvalue weighted by Gasteiger charge is 2.65. The van der Waals surface area contributed by atoms with Crippen LogP contribution in [0, 0.1) is 0 Å². The Hall–Kier alpha value is -2.05. The molecule has 2 aliphatic heterocycles. The van der Waals surface area contributed by atoms with E-state index in [1.165, 1.54) is 0 Å². The first kappa shape index (κ1) is 14.5. The Morgan fingerprint density at radius 3 is 2.83 bits per heavy atom. The van der Waals surface area contributed by atoms with Crippen LogP contribution in [0.1, 0.15) is 26.5 Å². The zero-order valence-corrected chi connectivity index (χ0v) is 13.5. The van der Waals surface area contributed by atoms with Gasteiger partial charge < -0.3 is 9.64 Å². The Morgan fingerprint density at radius 1 is 1.30 bits per heavy atom. The summed E-state index contributed by atoms with van der Waals surface area (Å²) in [5, 5.41) is 3.38. The molecule has 1 aromatic carbocycles. The highest BCUT2D eigenvalue weighted by atomic mass is 16.5. The smallest absolute Gasteiger partial charge is 0.260 e. The first-order valence-electron chi connectivity index (χ1n) is 7.84. The van der Waals surface area contributed by atoms with Crippen LogP contribution in [0.15, 0.2) is 30.5 Å². The molecule has 0 aliphatic carbocycles. The van der Waals surface area contributed by atoms with Crippen LogP contribution in [0.25, 0.3) is 11.0 Å². The highest BCUT2D eigenvalue weighted by molar-refractivity contribution is 5.93. The average molecular weight is 312 g/mol. The SMILES string of the molecule is CC1(OCc2cnc3ccccc3n2)C(=O)N2C1NCC2(C)C. The molecule has 2 saturated heterocycles. The third kappa shape index (κ3) is 2.05. The maximum atomic E-state index is 12.5. The number of hydrogen-bond donors (Lipinski definition) is 1. The van der Waals surface area contributed by atoms with E-state index >= 15 is 0 Å². The van der Waals surface area contributed by atoms with Gasteiger partial charge >= 0.3 is 0 Å². The molecule has 2 fully saturated rings. The normalized spacial score (nSPS) is 28.7. The summed E-state index contributed by atoms with van der Waals surface area (Å²) in [7, 11) is 0. The number of nitrogens with one attached hydrogen (secondary N) is 1. The molecule has 1 aromatic heterocycles. The van der Waals surface area contributed by atoms with Crippen molar-refractivity contribution in [1.82, 2.24) is 20.2 Å². The second-order valence-corrected chi connectivity index (χ2v) is 7.02. The second-order valence-electron chi connectivity index (χ2n) is 7.02. The van der Waals surface area contributed by atoms with Gasteiger partial charge in [0.1, 0.15) is 6.17 Å². The summed E-state index contributed by atoms with van der Waals surface area (Å²) in [6, 6.07) is 7.71. The maximum Gasteiger partial charge on any atom is 0.260 e. The third-order valence-corrected chi connectivity index (χ3v) is 4.82. The van der Waals surface area contributed by atoms with Crippen LogP contribution in [-0.4, -0.2) is 44.6 Å². The number of nitrogens with zero attached hydrogens (tertiary/aromatic N) is 3. The van der Waals surface area contributed by atoms with E-state index in [1.807, 2.05) is 36.1 Å². The summed E-state index contributed by atoms with van der Waals surface area (Å²) in [6.07, 6.45) is 1.64. The zero-order chi connectivity index (χ0) is 16.2. The standard InChI is InChI=1S/C17H20N4O2/c1-16(2)10-19-14-17(3,15(22)21(14)16)23-9-11-8-18-12-6-4-5-7-13(12)20-11/h4-8,14,19H,9-10H2,1-3H3. The van der Waals surface area contributed by atoms with Crippen molar-refractivity contribution in [3.63, 3.8) is 0 Å². The number of aromatic nitrogens is 2. The van der Waals surface area contributed by atoms with E-state index in [0.29, 0.717) is 0 Å². The van der Waals surface area contributed by atoms with Gasteiger partial charge in [-0.25, -0.2) is 4.98 Å². The fraction of sp³-hybridized carbons (Fsp3) is 0.471. The lowest BCUT2D eigenvalue weighted by Gasteiger charge is -2.53. The van der Waals surface area contributed by atoms with Crippen molar-refractivity contribution in [2.75, 3.05) is 6.54 Å². The van der Waals surface area contributed by atoms with Crippen molar-refractivity contribution in [2.45, 2.75) is 44.7 Å². The minimum atomic E-state index is -0.832. The topological polar surface area (TPSA) is 67.4 Å². The van der Waals surface area contributed by atoms with Gasteiger partial charge in [-0.3, -0.25) is 15.1 Å². The Kier molecular flexibility index (Phi) is 2.98. The minimum Gasteiger partial charge on any atom is -0.355 e. The predicted octanol–water partition coefficient (Wildman–Crippen LogP) is 1.46. The molecule has 3 heterocycles. The van der Waals surface area contributed by atoms with Crippen molar-refractivity contribution >= 4 is 16.9 Å². The van der Waals surface area contributed by atoms with E-state index in [9.17, 15) is 4.79 Å². The molecule has 6 nitrogen and oxygen atoms in total. The number of carbonyl (C=O) groups is 1. The van der Waals surface area contributed by atoms with E-state index in [2.05, 4.69) is 29.1 Å². The summed E-state index contributed by atoms with van der Waals surface area (Å²) in [4.78, 5) is 23.3. The molecule has 0 radical (unpaired) electrons. The molecule has 2 aliphatic rings. The van der Waals surface area contributed by atoms with Crippen LogP contribution in [0.4, 0.5) is 0 Å². The van der Waals surface area contributed by atoms with E-state index in [0.717, 1.165) is 23.3 Å². The van der Waals surface area contributed by atoms with Crippen LogP contribution in [-0.2, 0) is 16.1 Å². The predicted molar refractivity (Wildman–Crippen MR) is 85.4 cm³/mol. The van der Waals surface area contributed by atoms with Gasteiger partial charge in [0.25, 0.3) is 5.91 Å². The number of para-hydroxylation sites is 2. The van der Waals surface area contributed by atoms with E-state index < -0.39 is 5.60 Å². The Labute approximate surface area is 134 Å². The highest BCUT2D eigenvalue weighted by Crippen LogP contribution is 2.42. The molecule has 6 heteroatoms. The molecule has 1 N–H and O–H groups in total. The summed E-state index contributed by atoms with van der Waals surface area (Å²) >= 11 is 0. The molecule has 0 bridgehead atoms. The molecule has 4 rings (SSSR count). The van der Waals surface area contributed by atoms with Gasteiger partial charge in [-0.2, -0.15) is 0 Å². The van der Waals surface area contributed by atoms with Crippen LogP contribution in [0.3, 0.4) is 0 Å². The maximum absolute atomic E-state index is 12.5. The zero-order valence-electron chi connectivity index (χ0n) is 13.5. The molecule has 1 amide bonds. The van der Waals surface area contributed by atoms with Crippen LogP contribution in [0.5, 0.6) is 0 Å². The van der Waals surface area contributed by atoms with E-state index in [4.69, 9.17) is 4.74 Å². The van der Waals surface area contributed by atoms with E-state index in [-0.39, 0.29) is 24.2 Å². The number of β-lactam (4-membered cyclic amide) rings is 1. The first-order chi connectivity index (χ1) is 10.9. The first-order valence-corrected chi connectivity index (χ1v) is 7.84. The van der Waals surface area contributed by atoms with Crippen molar-refractivity contribution in [3.8, 4) is 0 Å². The van der Waals surface area contributed by atoms with Gasteiger partial charge in [-0.1, -0.05) is 12.1 Å². The summed E-state index contributed by atoms with van der Waals surface area (Å²) < 4.78 is 5.96. The quantitative estimate of drug-likeness (QED) is 0.869. The fourth-order valence-corrected chi connectivity index (χ4v) is 3.43. The third-order valence-electron chi connectivity index (χ3n) is 4.82. The average Bonchev–Trinajstić information content (AvgIpc) is 2.85. The molecule has 2 atom stereocenters. The van der Waals surface area contributed by atoms with Crippen LogP contribution >= 0.6 is 0 Å². The lowest BCUT2D eigenvalue weighted by molar-refractivity contribution is -0.208. The summed E-state index contributed by atoms with van der Waals surface area (Å²) in [5.41, 5.74) is 1.43. The molecule has 2 unspecified atom stereocenters. The molecular weight excluding hydrogens is 292 g/mol. The second kappa shape index (κ2) is 4.72. The van der Waals surface area contributed by atoms with Crippen molar-refractivity contribution in [1.29, 1.82) is 0 Å². The molecule has 2 aromatic rings. The number of fused-ring (bicyclic) bond motifs is 2. The van der Waals surface area contributed by atoms with Crippen molar-refractivity contribution in [2.24, 2.45) is 0 Å². The van der Waals surface area contributed by atoms with E-state index in [1.54, 1.807) is 6.20 Å². The van der Waals surface area contributed by atoms with Crippen LogP contribution < -0.4 is 5.32 Å². The molecular formula is C17H20N4O2. The van der Waals surface area contributed by atoms with Gasteiger partial charge in [0.05, 0.1) is 35.1 Å². The molecule has 0 saturated carbocycles. The van der Waals surface area contributed by atoms with Gasteiger partial charge in [-0.15, -0.1) is 0 Å². The van der Waals surface area contributed by atoms with Crippen LogP contribution in [0.2, 0.25) is 0 Å². The minimum absolute atomic E-state index is 0.0336. The Balaban J connectivity index is 1.51. The van der Waals surface area contributed by atoms with Gasteiger partial charge in [0, 0.05) is 6.54 Å². The van der Waals surface area contributed by atoms with Crippen molar-refractivity contribution < 1.29 is 9.53 Å².